The molecule has 0 unspecified atom stereocenters. The number of aromatic hydroxyl groups is 1. The summed E-state index contributed by atoms with van der Waals surface area (Å²) in [7, 11) is 1.54. The summed E-state index contributed by atoms with van der Waals surface area (Å²) in [6, 6.07) is 10.7. The number of rotatable bonds is 3. The van der Waals surface area contributed by atoms with Crippen LogP contribution in [0.4, 0.5) is 4.39 Å². The lowest BCUT2D eigenvalue weighted by Crippen LogP contribution is -1.89. The number of phenolic OH excluding ortho intramolecular Hbond substituents is 1. The van der Waals surface area contributed by atoms with Crippen molar-refractivity contribution in [2.45, 2.75) is 0 Å². The van der Waals surface area contributed by atoms with Crippen LogP contribution in [0.2, 0.25) is 0 Å². The van der Waals surface area contributed by atoms with Crippen LogP contribution in [-0.2, 0) is 0 Å². The molecule has 3 rings (SSSR count). The van der Waals surface area contributed by atoms with Crippen LogP contribution in [0.25, 0.3) is 22.8 Å². The van der Waals surface area contributed by atoms with Crippen molar-refractivity contribution >= 4 is 0 Å². The molecule has 5 nitrogen and oxygen atoms in total. The van der Waals surface area contributed by atoms with Gasteiger partial charge in [0.15, 0.2) is 0 Å². The van der Waals surface area contributed by atoms with Gasteiger partial charge in [-0.15, -0.1) is 0 Å². The van der Waals surface area contributed by atoms with E-state index in [-0.39, 0.29) is 17.2 Å². The zero-order chi connectivity index (χ0) is 14.8. The van der Waals surface area contributed by atoms with E-state index in [1.165, 1.54) is 13.2 Å². The van der Waals surface area contributed by atoms with E-state index >= 15 is 0 Å². The Morgan fingerprint density at radius 3 is 2.76 bits per heavy atom. The maximum atomic E-state index is 13.3. The predicted octanol–water partition coefficient (Wildman–Crippen LogP) is 3.26. The molecule has 0 fully saturated rings. The van der Waals surface area contributed by atoms with E-state index in [1.54, 1.807) is 12.1 Å². The van der Waals surface area contributed by atoms with Crippen LogP contribution < -0.4 is 4.74 Å². The zero-order valence-electron chi connectivity index (χ0n) is 11.1. The molecule has 2 aromatic carbocycles. The third-order valence-corrected chi connectivity index (χ3v) is 2.96. The van der Waals surface area contributed by atoms with E-state index in [0.29, 0.717) is 17.1 Å². The quantitative estimate of drug-likeness (QED) is 0.800. The van der Waals surface area contributed by atoms with Crippen LogP contribution in [0, 0.1) is 5.82 Å². The molecule has 1 heterocycles. The summed E-state index contributed by atoms with van der Waals surface area (Å²) in [5.74, 6) is 0.291. The average molecular weight is 286 g/mol. The Kier molecular flexibility index (Phi) is 3.27. The highest BCUT2D eigenvalue weighted by molar-refractivity contribution is 5.67. The van der Waals surface area contributed by atoms with Gasteiger partial charge in [0.1, 0.15) is 17.3 Å². The Morgan fingerprint density at radius 2 is 1.95 bits per heavy atom. The smallest absolute Gasteiger partial charge is 0.262 e. The Bertz CT molecular complexity index is 786. The topological polar surface area (TPSA) is 68.4 Å². The van der Waals surface area contributed by atoms with E-state index in [0.717, 1.165) is 12.1 Å². The first-order valence-electron chi connectivity index (χ1n) is 6.15. The first-order chi connectivity index (χ1) is 10.2. The fourth-order valence-electron chi connectivity index (χ4n) is 1.95. The minimum Gasteiger partial charge on any atom is -0.507 e. The number of methoxy groups -OCH3 is 1. The molecule has 1 N–H and O–H groups in total. The minimum atomic E-state index is -0.500. The number of aromatic nitrogens is 2. The van der Waals surface area contributed by atoms with E-state index in [1.807, 2.05) is 12.1 Å². The minimum absolute atomic E-state index is 0.0351. The summed E-state index contributed by atoms with van der Waals surface area (Å²) in [6.45, 7) is 0. The maximum Gasteiger partial charge on any atom is 0.262 e. The summed E-state index contributed by atoms with van der Waals surface area (Å²) >= 11 is 0. The molecule has 21 heavy (non-hydrogen) atoms. The molecule has 0 radical (unpaired) electrons. The number of phenols is 1. The van der Waals surface area contributed by atoms with Gasteiger partial charge in [0.25, 0.3) is 5.89 Å². The van der Waals surface area contributed by atoms with Crippen molar-refractivity contribution in [1.29, 1.82) is 0 Å². The molecular weight excluding hydrogens is 275 g/mol. The standard InChI is InChI=1S/C15H11FN2O3/c1-20-13-5-3-2-4-10(13)14-17-15(21-18-14)11-8-9(16)6-7-12(11)19/h2-8,19H,1H3. The van der Waals surface area contributed by atoms with Crippen LogP contribution in [0.1, 0.15) is 0 Å². The Morgan fingerprint density at radius 1 is 1.14 bits per heavy atom. The predicted molar refractivity (Wildman–Crippen MR) is 73.3 cm³/mol. The van der Waals surface area contributed by atoms with E-state index in [4.69, 9.17) is 9.26 Å². The zero-order valence-corrected chi connectivity index (χ0v) is 11.1. The van der Waals surface area contributed by atoms with Gasteiger partial charge >= 0.3 is 0 Å². The molecule has 0 atom stereocenters. The molecular formula is C15H11FN2O3. The molecule has 0 bridgehead atoms. The summed E-state index contributed by atoms with van der Waals surface area (Å²) in [5.41, 5.74) is 0.787. The first-order valence-corrected chi connectivity index (χ1v) is 6.15. The lowest BCUT2D eigenvalue weighted by Gasteiger charge is -2.03. The molecule has 0 amide bonds. The summed E-state index contributed by atoms with van der Waals surface area (Å²) in [5, 5.41) is 13.6. The molecule has 0 aliphatic heterocycles. The molecule has 0 aliphatic rings. The van der Waals surface area contributed by atoms with Crippen molar-refractivity contribution < 1.29 is 18.8 Å². The van der Waals surface area contributed by atoms with Crippen LogP contribution in [0.15, 0.2) is 47.0 Å². The molecule has 106 valence electrons. The highest BCUT2D eigenvalue weighted by Gasteiger charge is 2.16. The number of nitrogens with zero attached hydrogens (tertiary/aromatic N) is 2. The molecule has 1 aromatic heterocycles. The fraction of sp³-hybridized carbons (Fsp3) is 0.0667. The molecule has 3 aromatic rings. The summed E-state index contributed by atoms with van der Waals surface area (Å²) in [6.07, 6.45) is 0. The van der Waals surface area contributed by atoms with Crippen LogP contribution >= 0.6 is 0 Å². The molecule has 6 heteroatoms. The third kappa shape index (κ3) is 2.43. The third-order valence-electron chi connectivity index (χ3n) is 2.96. The van der Waals surface area contributed by atoms with Crippen LogP contribution in [0.5, 0.6) is 11.5 Å². The van der Waals surface area contributed by atoms with Crippen molar-refractivity contribution in [3.05, 3.63) is 48.3 Å². The number of benzene rings is 2. The molecule has 0 spiro atoms. The highest BCUT2D eigenvalue weighted by atomic mass is 19.1. The van der Waals surface area contributed by atoms with Crippen LogP contribution in [-0.4, -0.2) is 22.4 Å². The van der Waals surface area contributed by atoms with Crippen molar-refractivity contribution in [2.24, 2.45) is 0 Å². The molecule has 0 saturated heterocycles. The van der Waals surface area contributed by atoms with Crippen molar-refractivity contribution in [2.75, 3.05) is 7.11 Å². The van der Waals surface area contributed by atoms with Gasteiger partial charge in [-0.05, 0) is 30.3 Å². The van der Waals surface area contributed by atoms with E-state index in [2.05, 4.69) is 10.1 Å². The van der Waals surface area contributed by atoms with Gasteiger partial charge in [0.05, 0.1) is 18.2 Å². The average Bonchev–Trinajstić information content (AvgIpc) is 2.99. The number of ether oxygens (including phenoxy) is 1. The normalized spacial score (nSPS) is 10.6. The monoisotopic (exact) mass is 286 g/mol. The van der Waals surface area contributed by atoms with Crippen LogP contribution in [0.3, 0.4) is 0 Å². The van der Waals surface area contributed by atoms with Gasteiger partial charge in [0.2, 0.25) is 5.82 Å². The van der Waals surface area contributed by atoms with Gasteiger partial charge < -0.3 is 14.4 Å². The highest BCUT2D eigenvalue weighted by Crippen LogP contribution is 2.32. The second-order valence-corrected chi connectivity index (χ2v) is 4.28. The number of halogens is 1. The van der Waals surface area contributed by atoms with Gasteiger partial charge in [-0.2, -0.15) is 4.98 Å². The Balaban J connectivity index is 2.06. The number of hydrogen-bond donors (Lipinski definition) is 1. The summed E-state index contributed by atoms with van der Waals surface area (Å²) in [4.78, 5) is 4.18. The van der Waals surface area contributed by atoms with E-state index < -0.39 is 5.82 Å². The number of para-hydroxylation sites is 1. The lowest BCUT2D eigenvalue weighted by atomic mass is 10.2. The van der Waals surface area contributed by atoms with Crippen molar-refractivity contribution in [3.8, 4) is 34.3 Å². The van der Waals surface area contributed by atoms with Crippen molar-refractivity contribution in [1.82, 2.24) is 10.1 Å². The first kappa shape index (κ1) is 13.1. The Labute approximate surface area is 119 Å². The summed E-state index contributed by atoms with van der Waals surface area (Å²) < 4.78 is 23.6. The molecule has 0 saturated carbocycles. The van der Waals surface area contributed by atoms with Gasteiger partial charge in [-0.25, -0.2) is 4.39 Å². The van der Waals surface area contributed by atoms with Gasteiger partial charge in [0, 0.05) is 0 Å². The largest absolute Gasteiger partial charge is 0.507 e. The molecule has 0 aliphatic carbocycles. The van der Waals surface area contributed by atoms with Gasteiger partial charge in [-0.1, -0.05) is 17.3 Å². The maximum absolute atomic E-state index is 13.3. The SMILES string of the molecule is COc1ccccc1-c1noc(-c2cc(F)ccc2O)n1. The van der Waals surface area contributed by atoms with Crippen molar-refractivity contribution in [3.63, 3.8) is 0 Å². The lowest BCUT2D eigenvalue weighted by molar-refractivity contribution is 0.412. The number of hydrogen-bond acceptors (Lipinski definition) is 5. The second-order valence-electron chi connectivity index (χ2n) is 4.28. The van der Waals surface area contributed by atoms with Gasteiger partial charge in [-0.3, -0.25) is 0 Å². The van der Waals surface area contributed by atoms with E-state index in [9.17, 15) is 9.50 Å². The second kappa shape index (κ2) is 5.24. The fourth-order valence-corrected chi connectivity index (χ4v) is 1.95. The Hall–Kier alpha value is -2.89.